The number of carboxylic acid groups (broad SMARTS) is 1. The number of aliphatic hydroxyl groups is 1. The van der Waals surface area contributed by atoms with Crippen molar-refractivity contribution in [3.8, 4) is 0 Å². The summed E-state index contributed by atoms with van der Waals surface area (Å²) in [6.07, 6.45) is -1.24. The van der Waals surface area contributed by atoms with Crippen LogP contribution >= 0.6 is 22.6 Å². The molecular weight excluding hydrogens is 409 g/mol. The predicted molar refractivity (Wildman–Crippen MR) is 93.8 cm³/mol. The van der Waals surface area contributed by atoms with E-state index < -0.39 is 24.0 Å². The van der Waals surface area contributed by atoms with Gasteiger partial charge in [0.1, 0.15) is 6.04 Å². The number of aliphatic carboxylic acids is 1. The van der Waals surface area contributed by atoms with E-state index in [2.05, 4.69) is 27.9 Å². The summed E-state index contributed by atoms with van der Waals surface area (Å²) in [5, 5.41) is 21.7. The highest BCUT2D eigenvalue weighted by molar-refractivity contribution is 14.1. The minimum Gasteiger partial charge on any atom is -0.480 e. The number of halogens is 1. The Kier molecular flexibility index (Phi) is 6.12. The number of nitrogens with one attached hydrogen (secondary N) is 1. The topological polar surface area (TPSA) is 86.6 Å². The molecule has 1 amide bonds. The van der Waals surface area contributed by atoms with Gasteiger partial charge in [0.25, 0.3) is 5.91 Å². The van der Waals surface area contributed by atoms with Crippen LogP contribution in [0.5, 0.6) is 0 Å². The lowest BCUT2D eigenvalue weighted by atomic mass is 10.0. The summed E-state index contributed by atoms with van der Waals surface area (Å²) in [6, 6.07) is 14.7. The molecule has 120 valence electrons. The molecule has 5 nitrogen and oxygen atoms in total. The van der Waals surface area contributed by atoms with Crippen molar-refractivity contribution >= 4 is 34.5 Å². The molecule has 0 aliphatic carbocycles. The van der Waals surface area contributed by atoms with Gasteiger partial charge in [-0.1, -0.05) is 42.5 Å². The quantitative estimate of drug-likeness (QED) is 0.620. The fraction of sp³-hybridized carbons (Fsp3) is 0.176. The monoisotopic (exact) mass is 425 g/mol. The van der Waals surface area contributed by atoms with Crippen molar-refractivity contribution < 1.29 is 19.8 Å². The van der Waals surface area contributed by atoms with E-state index in [1.54, 1.807) is 36.4 Å². The van der Waals surface area contributed by atoms with Crippen molar-refractivity contribution in [3.63, 3.8) is 0 Å². The lowest BCUT2D eigenvalue weighted by Gasteiger charge is -2.17. The molecule has 3 N–H and O–H groups in total. The molecule has 6 heteroatoms. The number of aliphatic hydroxyl groups excluding tert-OH is 1. The summed E-state index contributed by atoms with van der Waals surface area (Å²) in [6.45, 7) is 0. The van der Waals surface area contributed by atoms with Gasteiger partial charge in [0.15, 0.2) is 6.10 Å². The molecule has 2 aromatic carbocycles. The Balaban J connectivity index is 2.07. The van der Waals surface area contributed by atoms with Crippen LogP contribution in [0.15, 0.2) is 54.6 Å². The van der Waals surface area contributed by atoms with E-state index in [-0.39, 0.29) is 6.42 Å². The highest BCUT2D eigenvalue weighted by Gasteiger charge is 2.25. The van der Waals surface area contributed by atoms with Gasteiger partial charge >= 0.3 is 5.97 Å². The maximum Gasteiger partial charge on any atom is 0.326 e. The Morgan fingerprint density at radius 3 is 2.39 bits per heavy atom. The zero-order chi connectivity index (χ0) is 16.8. The molecule has 0 unspecified atom stereocenters. The highest BCUT2D eigenvalue weighted by atomic mass is 127. The SMILES string of the molecule is O=C(O)[C@H](Cc1cccc(I)c1)NC(=O)[C@@H](O)c1ccccc1. The van der Waals surface area contributed by atoms with Crippen LogP contribution in [0.1, 0.15) is 17.2 Å². The Morgan fingerprint density at radius 2 is 1.78 bits per heavy atom. The Bertz CT molecular complexity index is 690. The van der Waals surface area contributed by atoms with Gasteiger partial charge in [-0.15, -0.1) is 0 Å². The molecular formula is C17H16INO4. The number of carboxylic acids is 1. The normalized spacial score (nSPS) is 13.1. The fourth-order valence-corrected chi connectivity index (χ4v) is 2.74. The predicted octanol–water partition coefficient (Wildman–Crippen LogP) is 2.14. The summed E-state index contributed by atoms with van der Waals surface area (Å²) < 4.78 is 0.986. The van der Waals surface area contributed by atoms with Crippen LogP contribution < -0.4 is 5.32 Å². The zero-order valence-electron chi connectivity index (χ0n) is 12.1. The van der Waals surface area contributed by atoms with Gasteiger partial charge in [0.05, 0.1) is 0 Å². The standard InChI is InChI=1S/C17H16INO4/c18-13-8-4-5-11(9-13)10-14(17(22)23)19-16(21)15(20)12-6-2-1-3-7-12/h1-9,14-15,20H,10H2,(H,19,21)(H,22,23)/t14-,15-/m0/s1. The first-order valence-corrected chi connectivity index (χ1v) is 8.06. The third kappa shape index (κ3) is 5.04. The number of carbonyl (C=O) groups excluding carboxylic acids is 1. The van der Waals surface area contributed by atoms with Gasteiger partial charge in [-0.05, 0) is 45.9 Å². The van der Waals surface area contributed by atoms with Crippen molar-refractivity contribution in [1.82, 2.24) is 5.32 Å². The van der Waals surface area contributed by atoms with Crippen molar-refractivity contribution in [2.75, 3.05) is 0 Å². The zero-order valence-corrected chi connectivity index (χ0v) is 14.3. The maximum absolute atomic E-state index is 12.1. The van der Waals surface area contributed by atoms with E-state index in [0.717, 1.165) is 9.13 Å². The van der Waals surface area contributed by atoms with E-state index in [1.165, 1.54) is 0 Å². The van der Waals surface area contributed by atoms with Crippen molar-refractivity contribution in [1.29, 1.82) is 0 Å². The van der Waals surface area contributed by atoms with Crippen molar-refractivity contribution in [2.24, 2.45) is 0 Å². The Hall–Kier alpha value is -1.93. The average molecular weight is 425 g/mol. The van der Waals surface area contributed by atoms with Crippen LogP contribution in [-0.2, 0) is 16.0 Å². The van der Waals surface area contributed by atoms with Crippen LogP contribution in [0.25, 0.3) is 0 Å². The molecule has 2 atom stereocenters. The van der Waals surface area contributed by atoms with Crippen LogP contribution in [0.4, 0.5) is 0 Å². The molecule has 0 spiro atoms. The van der Waals surface area contributed by atoms with Gasteiger partial charge in [-0.2, -0.15) is 0 Å². The van der Waals surface area contributed by atoms with E-state index in [1.807, 2.05) is 18.2 Å². The highest BCUT2D eigenvalue weighted by Crippen LogP contribution is 2.14. The number of amides is 1. The molecule has 0 fully saturated rings. The molecule has 0 aliphatic heterocycles. The summed E-state index contributed by atoms with van der Waals surface area (Å²) in [5.41, 5.74) is 1.22. The largest absolute Gasteiger partial charge is 0.480 e. The van der Waals surface area contributed by atoms with E-state index >= 15 is 0 Å². The molecule has 0 saturated carbocycles. The van der Waals surface area contributed by atoms with Crippen LogP contribution in [0.3, 0.4) is 0 Å². The average Bonchev–Trinajstić information content (AvgIpc) is 2.54. The second kappa shape index (κ2) is 8.07. The van der Waals surface area contributed by atoms with Gasteiger partial charge < -0.3 is 15.5 Å². The van der Waals surface area contributed by atoms with Gasteiger partial charge in [0.2, 0.25) is 0 Å². The minimum atomic E-state index is -1.39. The molecule has 0 aromatic heterocycles. The third-order valence-electron chi connectivity index (χ3n) is 3.31. The molecule has 0 aliphatic rings. The van der Waals surface area contributed by atoms with Crippen molar-refractivity contribution in [2.45, 2.75) is 18.6 Å². The molecule has 0 radical (unpaired) electrons. The first-order valence-electron chi connectivity index (χ1n) is 6.98. The second-order valence-electron chi connectivity index (χ2n) is 5.05. The number of benzene rings is 2. The number of rotatable bonds is 6. The second-order valence-corrected chi connectivity index (χ2v) is 6.29. The first kappa shape index (κ1) is 17.4. The number of hydrogen-bond acceptors (Lipinski definition) is 3. The first-order chi connectivity index (χ1) is 11.0. The Labute approximate surface area is 147 Å². The summed E-state index contributed by atoms with van der Waals surface area (Å²) in [7, 11) is 0. The fourth-order valence-electron chi connectivity index (χ4n) is 2.14. The summed E-state index contributed by atoms with van der Waals surface area (Å²) in [5.74, 6) is -1.87. The van der Waals surface area contributed by atoms with Crippen LogP contribution in [0.2, 0.25) is 0 Å². The molecule has 0 saturated heterocycles. The summed E-state index contributed by atoms with van der Waals surface area (Å²) >= 11 is 2.14. The molecule has 23 heavy (non-hydrogen) atoms. The third-order valence-corrected chi connectivity index (χ3v) is 3.98. The van der Waals surface area contributed by atoms with Crippen molar-refractivity contribution in [3.05, 3.63) is 69.3 Å². The summed E-state index contributed by atoms with van der Waals surface area (Å²) in [4.78, 5) is 23.5. The van der Waals surface area contributed by atoms with Gasteiger partial charge in [0, 0.05) is 9.99 Å². The molecule has 2 rings (SSSR count). The smallest absolute Gasteiger partial charge is 0.326 e. The molecule has 0 bridgehead atoms. The Morgan fingerprint density at radius 1 is 1.09 bits per heavy atom. The number of carbonyl (C=O) groups is 2. The van der Waals surface area contributed by atoms with Crippen LogP contribution in [-0.4, -0.2) is 28.1 Å². The van der Waals surface area contributed by atoms with E-state index in [9.17, 15) is 19.8 Å². The minimum absolute atomic E-state index is 0.152. The van der Waals surface area contributed by atoms with Gasteiger partial charge in [-0.3, -0.25) is 4.79 Å². The molecule has 0 heterocycles. The molecule has 2 aromatic rings. The van der Waals surface area contributed by atoms with Crippen LogP contribution in [0, 0.1) is 3.57 Å². The lowest BCUT2D eigenvalue weighted by molar-refractivity contribution is -0.143. The maximum atomic E-state index is 12.1. The number of hydrogen-bond donors (Lipinski definition) is 3. The van der Waals surface area contributed by atoms with E-state index in [0.29, 0.717) is 5.56 Å². The van der Waals surface area contributed by atoms with E-state index in [4.69, 9.17) is 0 Å². The van der Waals surface area contributed by atoms with Gasteiger partial charge in [-0.25, -0.2) is 4.79 Å². The lowest BCUT2D eigenvalue weighted by Crippen LogP contribution is -2.44.